The van der Waals surface area contributed by atoms with Gasteiger partial charge in [0.25, 0.3) is 5.56 Å². The summed E-state index contributed by atoms with van der Waals surface area (Å²) < 4.78 is 19.3. The number of nitrogens with one attached hydrogen (secondary N) is 1. The number of ether oxygens (including phenoxy) is 1. The van der Waals surface area contributed by atoms with Gasteiger partial charge in [0.15, 0.2) is 5.82 Å². The third-order valence-corrected chi connectivity index (χ3v) is 4.18. The summed E-state index contributed by atoms with van der Waals surface area (Å²) in [6.07, 6.45) is 4.66. The van der Waals surface area contributed by atoms with Crippen molar-refractivity contribution in [2.24, 2.45) is 0 Å². The van der Waals surface area contributed by atoms with Gasteiger partial charge >= 0.3 is 0 Å². The maximum Gasteiger partial charge on any atom is 0.251 e. The Kier molecular flexibility index (Phi) is 5.20. The van der Waals surface area contributed by atoms with E-state index in [1.807, 2.05) is 11.8 Å². The van der Waals surface area contributed by atoms with Gasteiger partial charge in [0.1, 0.15) is 12.4 Å². The fourth-order valence-electron chi connectivity index (χ4n) is 3.07. The van der Waals surface area contributed by atoms with Crippen LogP contribution in [0, 0.1) is 5.82 Å². The van der Waals surface area contributed by atoms with Gasteiger partial charge in [-0.2, -0.15) is 0 Å². The Bertz CT molecular complexity index is 749. The number of H-pyrrole nitrogens is 1. The minimum absolute atomic E-state index is 0.0917. The summed E-state index contributed by atoms with van der Waals surface area (Å²) in [5.74, 6) is 0.301. The van der Waals surface area contributed by atoms with E-state index in [9.17, 15) is 9.18 Å². The topological polar surface area (TPSA) is 71.1 Å². The number of anilines is 1. The fraction of sp³-hybridized carbons (Fsp3) is 0.471. The van der Waals surface area contributed by atoms with E-state index in [2.05, 4.69) is 15.0 Å². The number of pyridine rings is 1. The second-order valence-corrected chi connectivity index (χ2v) is 5.87. The van der Waals surface area contributed by atoms with E-state index >= 15 is 0 Å². The number of nitrogens with zero attached hydrogens (tertiary/aromatic N) is 3. The Balaban J connectivity index is 1.81. The first-order chi connectivity index (χ1) is 11.7. The van der Waals surface area contributed by atoms with Crippen LogP contribution in [-0.4, -0.2) is 34.6 Å². The average Bonchev–Trinajstić information content (AvgIpc) is 2.60. The van der Waals surface area contributed by atoms with Gasteiger partial charge in [0.2, 0.25) is 0 Å². The van der Waals surface area contributed by atoms with Gasteiger partial charge in [-0.05, 0) is 25.8 Å². The first-order valence-corrected chi connectivity index (χ1v) is 8.19. The first kappa shape index (κ1) is 16.6. The summed E-state index contributed by atoms with van der Waals surface area (Å²) >= 11 is 0. The molecule has 1 unspecified atom stereocenters. The van der Waals surface area contributed by atoms with Gasteiger partial charge in [0, 0.05) is 37.9 Å². The molecule has 1 saturated heterocycles. The normalized spacial score (nSPS) is 17.9. The average molecular weight is 332 g/mol. The van der Waals surface area contributed by atoms with Crippen LogP contribution in [0.2, 0.25) is 0 Å². The maximum atomic E-state index is 14.0. The van der Waals surface area contributed by atoms with Crippen molar-refractivity contribution in [2.75, 3.05) is 24.6 Å². The molecule has 1 atom stereocenters. The number of halogens is 1. The van der Waals surface area contributed by atoms with Crippen LogP contribution >= 0.6 is 0 Å². The number of aromatic nitrogens is 3. The van der Waals surface area contributed by atoms with Gasteiger partial charge in [-0.15, -0.1) is 0 Å². The molecule has 7 heteroatoms. The third kappa shape index (κ3) is 3.79. The largest absolute Gasteiger partial charge is 0.374 e. The SMILES string of the molecule is CCOCc1nc(C2CCCN(c3ccncc3F)C2)cc(=O)[nH]1. The highest BCUT2D eigenvalue weighted by Crippen LogP contribution is 2.29. The van der Waals surface area contributed by atoms with Crippen LogP contribution in [0.4, 0.5) is 10.1 Å². The van der Waals surface area contributed by atoms with Crippen LogP contribution in [0.5, 0.6) is 0 Å². The molecule has 0 radical (unpaired) electrons. The predicted molar refractivity (Wildman–Crippen MR) is 88.6 cm³/mol. The molecule has 2 aromatic rings. The van der Waals surface area contributed by atoms with Crippen LogP contribution in [-0.2, 0) is 11.3 Å². The van der Waals surface area contributed by atoms with Crippen LogP contribution < -0.4 is 10.5 Å². The molecule has 0 saturated carbocycles. The second-order valence-electron chi connectivity index (χ2n) is 5.87. The molecule has 0 bridgehead atoms. The van der Waals surface area contributed by atoms with Crippen LogP contribution in [0.25, 0.3) is 0 Å². The molecule has 3 rings (SSSR count). The van der Waals surface area contributed by atoms with E-state index in [0.29, 0.717) is 24.7 Å². The molecule has 128 valence electrons. The Morgan fingerprint density at radius 1 is 1.50 bits per heavy atom. The van der Waals surface area contributed by atoms with Gasteiger partial charge in [-0.1, -0.05) is 0 Å². The Morgan fingerprint density at radius 3 is 3.17 bits per heavy atom. The zero-order chi connectivity index (χ0) is 16.9. The van der Waals surface area contributed by atoms with Crippen molar-refractivity contribution < 1.29 is 9.13 Å². The van der Waals surface area contributed by atoms with Gasteiger partial charge in [0.05, 0.1) is 17.6 Å². The summed E-state index contributed by atoms with van der Waals surface area (Å²) in [7, 11) is 0. The smallest absolute Gasteiger partial charge is 0.251 e. The summed E-state index contributed by atoms with van der Waals surface area (Å²) in [6.45, 7) is 4.16. The second kappa shape index (κ2) is 7.53. The monoisotopic (exact) mass is 332 g/mol. The lowest BCUT2D eigenvalue weighted by atomic mass is 9.94. The summed E-state index contributed by atoms with van der Waals surface area (Å²) in [4.78, 5) is 24.9. The van der Waals surface area contributed by atoms with Crippen molar-refractivity contribution in [3.63, 3.8) is 0 Å². The van der Waals surface area contributed by atoms with Crippen molar-refractivity contribution in [3.8, 4) is 0 Å². The number of hydrogen-bond donors (Lipinski definition) is 1. The highest BCUT2D eigenvalue weighted by atomic mass is 19.1. The predicted octanol–water partition coefficient (Wildman–Crippen LogP) is 2.22. The van der Waals surface area contributed by atoms with E-state index in [0.717, 1.165) is 25.1 Å². The zero-order valence-corrected chi connectivity index (χ0v) is 13.7. The molecular formula is C17H21FN4O2. The molecule has 1 aliphatic heterocycles. The molecule has 2 aromatic heterocycles. The van der Waals surface area contributed by atoms with Crippen molar-refractivity contribution in [3.05, 3.63) is 52.2 Å². The lowest BCUT2D eigenvalue weighted by molar-refractivity contribution is 0.128. The van der Waals surface area contributed by atoms with Gasteiger partial charge < -0.3 is 14.6 Å². The van der Waals surface area contributed by atoms with Crippen molar-refractivity contribution >= 4 is 5.69 Å². The molecule has 0 amide bonds. The molecule has 24 heavy (non-hydrogen) atoms. The highest BCUT2D eigenvalue weighted by molar-refractivity contribution is 5.47. The molecule has 0 aliphatic carbocycles. The number of piperidine rings is 1. The maximum absolute atomic E-state index is 14.0. The first-order valence-electron chi connectivity index (χ1n) is 8.19. The lowest BCUT2D eigenvalue weighted by Gasteiger charge is -2.34. The summed E-state index contributed by atoms with van der Waals surface area (Å²) in [5, 5.41) is 0. The van der Waals surface area contributed by atoms with Crippen LogP contribution in [0.15, 0.2) is 29.3 Å². The Labute approximate surface area is 139 Å². The van der Waals surface area contributed by atoms with Gasteiger partial charge in [-0.3, -0.25) is 9.78 Å². The van der Waals surface area contributed by atoms with Crippen molar-refractivity contribution in [2.45, 2.75) is 32.3 Å². The standard InChI is InChI=1S/C17H21FN4O2/c1-2-24-11-16-20-14(8-17(23)21-16)12-4-3-7-22(10-12)15-5-6-19-9-13(15)18/h5-6,8-9,12H,2-4,7,10-11H2,1H3,(H,20,21,23). The van der Waals surface area contributed by atoms with Gasteiger partial charge in [-0.25, -0.2) is 9.37 Å². The molecule has 6 nitrogen and oxygen atoms in total. The summed E-state index contributed by atoms with van der Waals surface area (Å²) in [6, 6.07) is 3.22. The molecule has 3 heterocycles. The zero-order valence-electron chi connectivity index (χ0n) is 13.7. The number of hydrogen-bond acceptors (Lipinski definition) is 5. The van der Waals surface area contributed by atoms with E-state index in [4.69, 9.17) is 4.74 Å². The number of aromatic amines is 1. The lowest BCUT2D eigenvalue weighted by Crippen LogP contribution is -2.35. The van der Waals surface area contributed by atoms with Crippen LogP contribution in [0.3, 0.4) is 0 Å². The molecule has 1 fully saturated rings. The Morgan fingerprint density at radius 2 is 2.38 bits per heavy atom. The minimum atomic E-state index is -0.325. The van der Waals surface area contributed by atoms with Crippen molar-refractivity contribution in [1.29, 1.82) is 0 Å². The molecule has 1 aliphatic rings. The van der Waals surface area contributed by atoms with Crippen molar-refractivity contribution in [1.82, 2.24) is 15.0 Å². The molecule has 1 N–H and O–H groups in total. The Hall–Kier alpha value is -2.28. The van der Waals surface area contributed by atoms with E-state index in [-0.39, 0.29) is 23.9 Å². The molecule has 0 aromatic carbocycles. The highest BCUT2D eigenvalue weighted by Gasteiger charge is 2.24. The van der Waals surface area contributed by atoms with E-state index < -0.39 is 0 Å². The van der Waals surface area contributed by atoms with E-state index in [1.165, 1.54) is 12.3 Å². The quantitative estimate of drug-likeness (QED) is 0.909. The minimum Gasteiger partial charge on any atom is -0.374 e. The number of rotatable bonds is 5. The third-order valence-electron chi connectivity index (χ3n) is 4.18. The molecule has 0 spiro atoms. The molecular weight excluding hydrogens is 311 g/mol. The van der Waals surface area contributed by atoms with E-state index in [1.54, 1.807) is 12.3 Å². The van der Waals surface area contributed by atoms with Crippen LogP contribution in [0.1, 0.15) is 37.2 Å². The summed E-state index contributed by atoms with van der Waals surface area (Å²) in [5.41, 5.74) is 1.11. The fourth-order valence-corrected chi connectivity index (χ4v) is 3.07.